The van der Waals surface area contributed by atoms with Gasteiger partial charge in [0.1, 0.15) is 17.8 Å². The summed E-state index contributed by atoms with van der Waals surface area (Å²) >= 11 is 0. The second-order valence-electron chi connectivity index (χ2n) is 4.37. The first-order chi connectivity index (χ1) is 9.54. The number of carbonyl (C=O) groups is 1. The highest BCUT2D eigenvalue weighted by molar-refractivity contribution is 7.90. The summed E-state index contributed by atoms with van der Waals surface area (Å²) in [6.45, 7) is 2.33. The van der Waals surface area contributed by atoms with Crippen molar-refractivity contribution in [2.24, 2.45) is 4.40 Å². The number of nitrogens with zero attached hydrogens (tertiary/aromatic N) is 2. The molecule has 0 saturated carbocycles. The monoisotopic (exact) mass is 296 g/mol. The second kappa shape index (κ2) is 6.04. The van der Waals surface area contributed by atoms with Crippen LogP contribution in [-0.2, 0) is 19.6 Å². The summed E-state index contributed by atoms with van der Waals surface area (Å²) in [5, 5.41) is 0. The Kier molecular flexibility index (Phi) is 4.39. The number of hydrogen-bond donors (Lipinski definition) is 0. The van der Waals surface area contributed by atoms with Gasteiger partial charge >= 0.3 is 5.97 Å². The standard InChI is InChI=1S/C13H16N2O4S/c1-2-3-8-19-13(16)9-15-10-14-20(17,18)12-7-5-4-6-11(12)15/h4-7,10H,2-3,8-9H2,1H3. The Morgan fingerprint density at radius 2 is 2.10 bits per heavy atom. The minimum atomic E-state index is -3.66. The third kappa shape index (κ3) is 3.16. The zero-order chi connectivity index (χ0) is 14.6. The second-order valence-corrected chi connectivity index (χ2v) is 5.97. The van der Waals surface area contributed by atoms with Crippen molar-refractivity contribution in [3.05, 3.63) is 24.3 Å². The lowest BCUT2D eigenvalue weighted by Crippen LogP contribution is -2.33. The maximum absolute atomic E-state index is 11.8. The lowest BCUT2D eigenvalue weighted by molar-refractivity contribution is -0.141. The van der Waals surface area contributed by atoms with Gasteiger partial charge in [0.25, 0.3) is 10.0 Å². The van der Waals surface area contributed by atoms with Gasteiger partial charge in [-0.25, -0.2) is 0 Å². The Morgan fingerprint density at radius 3 is 2.85 bits per heavy atom. The summed E-state index contributed by atoms with van der Waals surface area (Å²) in [5.74, 6) is -0.404. The number of carbonyl (C=O) groups excluding carboxylic acids is 1. The zero-order valence-corrected chi connectivity index (χ0v) is 12.0. The fourth-order valence-corrected chi connectivity index (χ4v) is 2.84. The van der Waals surface area contributed by atoms with Crippen LogP contribution in [0, 0.1) is 0 Å². The van der Waals surface area contributed by atoms with Crippen molar-refractivity contribution in [1.82, 2.24) is 0 Å². The highest BCUT2D eigenvalue weighted by Crippen LogP contribution is 2.28. The van der Waals surface area contributed by atoms with Gasteiger partial charge in [0, 0.05) is 0 Å². The van der Waals surface area contributed by atoms with E-state index >= 15 is 0 Å². The molecule has 1 aromatic rings. The van der Waals surface area contributed by atoms with Crippen molar-refractivity contribution in [3.8, 4) is 0 Å². The average Bonchev–Trinajstić information content (AvgIpc) is 2.43. The molecule has 108 valence electrons. The van der Waals surface area contributed by atoms with Crippen molar-refractivity contribution in [2.75, 3.05) is 18.1 Å². The number of unbranched alkanes of at least 4 members (excludes halogenated alkanes) is 1. The quantitative estimate of drug-likeness (QED) is 0.609. The van der Waals surface area contributed by atoms with Crippen LogP contribution in [-0.4, -0.2) is 33.9 Å². The molecule has 7 heteroatoms. The summed E-state index contributed by atoms with van der Waals surface area (Å²) < 4.78 is 32.1. The molecule has 6 nitrogen and oxygen atoms in total. The molecule has 0 spiro atoms. The smallest absolute Gasteiger partial charge is 0.326 e. The largest absolute Gasteiger partial charge is 0.464 e. The van der Waals surface area contributed by atoms with E-state index in [0.29, 0.717) is 12.3 Å². The number of benzene rings is 1. The molecule has 2 rings (SSSR count). The number of para-hydroxylation sites is 1. The molecule has 0 aliphatic carbocycles. The van der Waals surface area contributed by atoms with Crippen molar-refractivity contribution in [1.29, 1.82) is 0 Å². The minimum Gasteiger partial charge on any atom is -0.464 e. The molecule has 1 heterocycles. The van der Waals surface area contributed by atoms with E-state index in [1.807, 2.05) is 6.92 Å². The highest BCUT2D eigenvalue weighted by atomic mass is 32.2. The first-order valence-corrected chi connectivity index (χ1v) is 7.80. The number of anilines is 1. The molecule has 0 unspecified atom stereocenters. The number of ether oxygens (including phenoxy) is 1. The van der Waals surface area contributed by atoms with Crippen molar-refractivity contribution in [2.45, 2.75) is 24.7 Å². The number of hydrogen-bond acceptors (Lipinski definition) is 5. The van der Waals surface area contributed by atoms with Gasteiger partial charge in [0.05, 0.1) is 12.3 Å². The normalized spacial score (nSPS) is 15.8. The van der Waals surface area contributed by atoms with Crippen LogP contribution in [0.5, 0.6) is 0 Å². The number of sulfonamides is 1. The van der Waals surface area contributed by atoms with E-state index in [0.717, 1.165) is 19.2 Å². The first kappa shape index (κ1) is 14.5. The molecular weight excluding hydrogens is 280 g/mol. The van der Waals surface area contributed by atoms with Crippen LogP contribution in [0.1, 0.15) is 19.8 Å². The molecule has 0 radical (unpaired) electrons. The zero-order valence-electron chi connectivity index (χ0n) is 11.2. The lowest BCUT2D eigenvalue weighted by atomic mass is 10.3. The molecule has 1 aliphatic heterocycles. The van der Waals surface area contributed by atoms with Gasteiger partial charge < -0.3 is 9.64 Å². The van der Waals surface area contributed by atoms with E-state index in [4.69, 9.17) is 4.74 Å². The van der Waals surface area contributed by atoms with E-state index in [1.54, 1.807) is 18.2 Å². The Balaban J connectivity index is 2.13. The third-order valence-corrected chi connectivity index (χ3v) is 4.11. The summed E-state index contributed by atoms with van der Waals surface area (Å²) in [5.41, 5.74) is 0.440. The fourth-order valence-electron chi connectivity index (χ4n) is 1.79. The van der Waals surface area contributed by atoms with Crippen LogP contribution < -0.4 is 4.90 Å². The van der Waals surface area contributed by atoms with E-state index in [-0.39, 0.29) is 11.4 Å². The maximum Gasteiger partial charge on any atom is 0.326 e. The van der Waals surface area contributed by atoms with Crippen LogP contribution >= 0.6 is 0 Å². The molecule has 0 aromatic heterocycles. The van der Waals surface area contributed by atoms with Gasteiger partial charge in [0.15, 0.2) is 0 Å². The van der Waals surface area contributed by atoms with E-state index in [1.165, 1.54) is 11.0 Å². The van der Waals surface area contributed by atoms with E-state index < -0.39 is 16.0 Å². The van der Waals surface area contributed by atoms with Crippen molar-refractivity contribution in [3.63, 3.8) is 0 Å². The van der Waals surface area contributed by atoms with Crippen LogP contribution in [0.3, 0.4) is 0 Å². The van der Waals surface area contributed by atoms with Crippen LogP contribution in [0.25, 0.3) is 0 Å². The number of fused-ring (bicyclic) bond motifs is 1. The predicted octanol–water partition coefficient (Wildman–Crippen LogP) is 1.57. The van der Waals surface area contributed by atoms with E-state index in [9.17, 15) is 13.2 Å². The van der Waals surface area contributed by atoms with Gasteiger partial charge in [-0.15, -0.1) is 4.40 Å². The van der Waals surface area contributed by atoms with Crippen molar-refractivity contribution < 1.29 is 17.9 Å². The maximum atomic E-state index is 11.8. The summed E-state index contributed by atoms with van der Waals surface area (Å²) in [4.78, 5) is 13.3. The molecule has 1 aromatic carbocycles. The Bertz CT molecular complexity index is 625. The average molecular weight is 296 g/mol. The molecule has 1 aliphatic rings. The molecule has 0 saturated heterocycles. The summed E-state index contributed by atoms with van der Waals surface area (Å²) in [7, 11) is -3.66. The number of esters is 1. The van der Waals surface area contributed by atoms with Crippen LogP contribution in [0.4, 0.5) is 5.69 Å². The molecule has 0 N–H and O–H groups in total. The van der Waals surface area contributed by atoms with Crippen LogP contribution in [0.15, 0.2) is 33.6 Å². The Labute approximate surface area is 118 Å². The van der Waals surface area contributed by atoms with Gasteiger partial charge in [-0.2, -0.15) is 8.42 Å². The fraction of sp³-hybridized carbons (Fsp3) is 0.385. The minimum absolute atomic E-state index is 0.0558. The first-order valence-electron chi connectivity index (χ1n) is 6.36. The van der Waals surface area contributed by atoms with E-state index in [2.05, 4.69) is 4.40 Å². The van der Waals surface area contributed by atoms with Gasteiger partial charge in [-0.1, -0.05) is 25.5 Å². The molecular formula is C13H16N2O4S. The number of rotatable bonds is 5. The summed E-state index contributed by atoms with van der Waals surface area (Å²) in [6, 6.07) is 6.44. The van der Waals surface area contributed by atoms with Crippen LogP contribution in [0.2, 0.25) is 0 Å². The van der Waals surface area contributed by atoms with Gasteiger partial charge in [-0.3, -0.25) is 4.79 Å². The topological polar surface area (TPSA) is 76.0 Å². The Morgan fingerprint density at radius 1 is 1.35 bits per heavy atom. The molecule has 0 amide bonds. The van der Waals surface area contributed by atoms with Crippen molar-refractivity contribution >= 4 is 28.0 Å². The molecule has 0 fully saturated rings. The SMILES string of the molecule is CCCCOC(=O)CN1C=NS(=O)(=O)c2ccccc21. The highest BCUT2D eigenvalue weighted by Gasteiger charge is 2.26. The van der Waals surface area contributed by atoms with Gasteiger partial charge in [-0.05, 0) is 18.6 Å². The molecule has 0 bridgehead atoms. The molecule has 0 atom stereocenters. The molecule has 20 heavy (non-hydrogen) atoms. The predicted molar refractivity (Wildman–Crippen MR) is 75.3 cm³/mol. The Hall–Kier alpha value is -1.89. The van der Waals surface area contributed by atoms with Gasteiger partial charge in [0.2, 0.25) is 0 Å². The third-order valence-electron chi connectivity index (χ3n) is 2.84. The summed E-state index contributed by atoms with van der Waals surface area (Å²) in [6.07, 6.45) is 2.91. The lowest BCUT2D eigenvalue weighted by Gasteiger charge is -2.23.